The maximum absolute atomic E-state index is 9.56. The second-order valence-corrected chi connectivity index (χ2v) is 5.88. The van der Waals surface area contributed by atoms with Crippen molar-refractivity contribution in [1.82, 2.24) is 15.3 Å². The molecule has 0 saturated carbocycles. The summed E-state index contributed by atoms with van der Waals surface area (Å²) in [6, 6.07) is 0. The molecule has 4 nitrogen and oxygen atoms in total. The van der Waals surface area contributed by atoms with Crippen molar-refractivity contribution in [2.75, 3.05) is 18.9 Å². The van der Waals surface area contributed by atoms with Gasteiger partial charge in [0.05, 0.1) is 6.61 Å². The Balaban J connectivity index is 2.34. The molecule has 1 aromatic heterocycles. The maximum Gasteiger partial charge on any atom is 0.187 e. The number of hydrogen-bond donors (Lipinski definition) is 2. The van der Waals surface area contributed by atoms with Gasteiger partial charge in [-0.1, -0.05) is 25.6 Å². The molecule has 108 valence electrons. The lowest BCUT2D eigenvalue weighted by molar-refractivity contribution is 0.148. The van der Waals surface area contributed by atoms with E-state index in [0.29, 0.717) is 0 Å². The summed E-state index contributed by atoms with van der Waals surface area (Å²) in [6.45, 7) is 7.28. The van der Waals surface area contributed by atoms with Gasteiger partial charge in [-0.25, -0.2) is 9.97 Å². The molecular weight excluding hydrogens is 258 g/mol. The van der Waals surface area contributed by atoms with Gasteiger partial charge >= 0.3 is 0 Å². The smallest absolute Gasteiger partial charge is 0.187 e. The SMILES string of the molecule is CCNC(CC)(CO)CCCSc1ncc(C)cn1. The van der Waals surface area contributed by atoms with Crippen LogP contribution in [-0.4, -0.2) is 39.5 Å². The summed E-state index contributed by atoms with van der Waals surface area (Å²) < 4.78 is 0. The van der Waals surface area contributed by atoms with Crippen molar-refractivity contribution in [2.45, 2.75) is 50.7 Å². The fourth-order valence-electron chi connectivity index (χ4n) is 2.04. The van der Waals surface area contributed by atoms with Gasteiger partial charge in [-0.05, 0) is 38.3 Å². The summed E-state index contributed by atoms with van der Waals surface area (Å²) >= 11 is 1.68. The van der Waals surface area contributed by atoms with Crippen LogP contribution >= 0.6 is 11.8 Å². The fourth-order valence-corrected chi connectivity index (χ4v) is 2.77. The van der Waals surface area contributed by atoms with Crippen LogP contribution in [0, 0.1) is 6.92 Å². The highest BCUT2D eigenvalue weighted by Gasteiger charge is 2.25. The molecule has 0 saturated heterocycles. The molecule has 0 spiro atoms. The average Bonchev–Trinajstić information content (AvgIpc) is 2.44. The largest absolute Gasteiger partial charge is 0.394 e. The minimum Gasteiger partial charge on any atom is -0.394 e. The zero-order valence-electron chi connectivity index (χ0n) is 12.1. The number of aliphatic hydroxyl groups excluding tert-OH is 1. The number of nitrogens with one attached hydrogen (secondary N) is 1. The average molecular weight is 283 g/mol. The zero-order valence-corrected chi connectivity index (χ0v) is 13.0. The standard InChI is InChI=1S/C14H25N3OS/c1-4-14(11-18,17-5-2)7-6-8-19-13-15-9-12(3)10-16-13/h9-10,17-18H,4-8,11H2,1-3H3. The van der Waals surface area contributed by atoms with Gasteiger partial charge in [0.2, 0.25) is 0 Å². The van der Waals surface area contributed by atoms with E-state index in [0.717, 1.165) is 42.3 Å². The normalized spacial score (nSPS) is 14.3. The second kappa shape index (κ2) is 8.51. The molecule has 0 radical (unpaired) electrons. The van der Waals surface area contributed by atoms with E-state index in [9.17, 15) is 5.11 Å². The highest BCUT2D eigenvalue weighted by Crippen LogP contribution is 2.20. The van der Waals surface area contributed by atoms with Gasteiger partial charge in [-0.3, -0.25) is 0 Å². The van der Waals surface area contributed by atoms with Gasteiger partial charge in [-0.15, -0.1) is 0 Å². The van der Waals surface area contributed by atoms with Crippen molar-refractivity contribution in [1.29, 1.82) is 0 Å². The van der Waals surface area contributed by atoms with Gasteiger partial charge in [0.1, 0.15) is 0 Å². The number of aliphatic hydroxyl groups is 1. The van der Waals surface area contributed by atoms with Crippen molar-refractivity contribution < 1.29 is 5.11 Å². The van der Waals surface area contributed by atoms with Crippen LogP contribution in [0.3, 0.4) is 0 Å². The molecule has 0 amide bonds. The third kappa shape index (κ3) is 5.47. The summed E-state index contributed by atoms with van der Waals surface area (Å²) in [6.07, 6.45) is 6.66. The quantitative estimate of drug-likeness (QED) is 0.414. The van der Waals surface area contributed by atoms with Crippen molar-refractivity contribution in [3.8, 4) is 0 Å². The van der Waals surface area contributed by atoms with Crippen LogP contribution in [0.2, 0.25) is 0 Å². The lowest BCUT2D eigenvalue weighted by Gasteiger charge is -2.31. The molecule has 0 bridgehead atoms. The third-order valence-electron chi connectivity index (χ3n) is 3.32. The van der Waals surface area contributed by atoms with E-state index >= 15 is 0 Å². The van der Waals surface area contributed by atoms with Crippen LogP contribution in [0.25, 0.3) is 0 Å². The summed E-state index contributed by atoms with van der Waals surface area (Å²) in [7, 11) is 0. The number of hydrogen-bond acceptors (Lipinski definition) is 5. The molecule has 1 rings (SSSR count). The van der Waals surface area contributed by atoms with Crippen LogP contribution < -0.4 is 5.32 Å². The Morgan fingerprint density at radius 2 is 2.00 bits per heavy atom. The van der Waals surface area contributed by atoms with Crippen LogP contribution in [0.1, 0.15) is 38.7 Å². The van der Waals surface area contributed by atoms with E-state index in [1.807, 2.05) is 19.3 Å². The van der Waals surface area contributed by atoms with Gasteiger partial charge in [0, 0.05) is 23.7 Å². The number of aryl methyl sites for hydroxylation is 1. The minimum atomic E-state index is -0.122. The molecule has 1 heterocycles. The van der Waals surface area contributed by atoms with Crippen LogP contribution in [0.5, 0.6) is 0 Å². The van der Waals surface area contributed by atoms with Crippen molar-refractivity contribution in [3.63, 3.8) is 0 Å². The summed E-state index contributed by atoms with van der Waals surface area (Å²) in [4.78, 5) is 8.55. The fraction of sp³-hybridized carbons (Fsp3) is 0.714. The van der Waals surface area contributed by atoms with Gasteiger partial charge < -0.3 is 10.4 Å². The Hall–Kier alpha value is -0.650. The van der Waals surface area contributed by atoms with E-state index < -0.39 is 0 Å². The number of rotatable bonds is 9. The van der Waals surface area contributed by atoms with Gasteiger partial charge in [-0.2, -0.15) is 0 Å². The first kappa shape index (κ1) is 16.4. The predicted molar refractivity (Wildman–Crippen MR) is 80.5 cm³/mol. The third-order valence-corrected chi connectivity index (χ3v) is 4.28. The number of aromatic nitrogens is 2. The summed E-state index contributed by atoms with van der Waals surface area (Å²) in [5.74, 6) is 0.982. The molecular formula is C14H25N3OS. The van der Waals surface area contributed by atoms with E-state index in [1.54, 1.807) is 11.8 Å². The number of likely N-dealkylation sites (N-methyl/N-ethyl adjacent to an activating group) is 1. The summed E-state index contributed by atoms with van der Waals surface area (Å²) in [5.41, 5.74) is 0.963. The Kier molecular flexibility index (Phi) is 7.34. The van der Waals surface area contributed by atoms with Gasteiger partial charge in [0.25, 0.3) is 0 Å². The van der Waals surface area contributed by atoms with E-state index in [4.69, 9.17) is 0 Å². The van der Waals surface area contributed by atoms with Crippen LogP contribution in [0.15, 0.2) is 17.6 Å². The molecule has 0 aromatic carbocycles. The Morgan fingerprint density at radius 3 is 2.53 bits per heavy atom. The van der Waals surface area contributed by atoms with Crippen molar-refractivity contribution >= 4 is 11.8 Å². The topological polar surface area (TPSA) is 58.0 Å². The molecule has 0 aliphatic carbocycles. The first-order valence-electron chi connectivity index (χ1n) is 6.93. The maximum atomic E-state index is 9.56. The molecule has 5 heteroatoms. The van der Waals surface area contributed by atoms with E-state index in [-0.39, 0.29) is 12.1 Å². The highest BCUT2D eigenvalue weighted by molar-refractivity contribution is 7.99. The molecule has 19 heavy (non-hydrogen) atoms. The molecule has 2 N–H and O–H groups in total. The van der Waals surface area contributed by atoms with Crippen LogP contribution in [0.4, 0.5) is 0 Å². The lowest BCUT2D eigenvalue weighted by atomic mass is 9.91. The van der Waals surface area contributed by atoms with Crippen molar-refractivity contribution in [2.24, 2.45) is 0 Å². The minimum absolute atomic E-state index is 0.122. The van der Waals surface area contributed by atoms with E-state index in [1.165, 1.54) is 0 Å². The molecule has 0 fully saturated rings. The Morgan fingerprint density at radius 1 is 1.32 bits per heavy atom. The first-order valence-corrected chi connectivity index (χ1v) is 7.91. The zero-order chi connectivity index (χ0) is 14.1. The molecule has 1 unspecified atom stereocenters. The summed E-state index contributed by atoms with van der Waals surface area (Å²) in [5, 5.41) is 13.8. The van der Waals surface area contributed by atoms with Crippen molar-refractivity contribution in [3.05, 3.63) is 18.0 Å². The molecule has 1 aromatic rings. The number of thioether (sulfide) groups is 1. The lowest BCUT2D eigenvalue weighted by Crippen LogP contribution is -2.48. The van der Waals surface area contributed by atoms with Gasteiger partial charge in [0.15, 0.2) is 5.16 Å². The Labute approximate surface area is 120 Å². The first-order chi connectivity index (χ1) is 9.15. The Bertz CT molecular complexity index is 352. The predicted octanol–water partition coefficient (Wildman–Crippen LogP) is 2.41. The monoisotopic (exact) mass is 283 g/mol. The second-order valence-electron chi connectivity index (χ2n) is 4.82. The molecule has 1 atom stereocenters. The molecule has 0 aliphatic rings. The van der Waals surface area contributed by atoms with Crippen LogP contribution in [-0.2, 0) is 0 Å². The van der Waals surface area contributed by atoms with E-state index in [2.05, 4.69) is 29.1 Å². The number of nitrogens with zero attached hydrogens (tertiary/aromatic N) is 2. The molecule has 0 aliphatic heterocycles. The highest BCUT2D eigenvalue weighted by atomic mass is 32.2.